The van der Waals surface area contributed by atoms with Gasteiger partial charge in [-0.15, -0.1) is 0 Å². The summed E-state index contributed by atoms with van der Waals surface area (Å²) in [5, 5.41) is 21.3. The zero-order valence-electron chi connectivity index (χ0n) is 8.70. The second-order valence-corrected chi connectivity index (χ2v) is 3.31. The van der Waals surface area contributed by atoms with Crippen LogP contribution in [-0.4, -0.2) is 9.85 Å². The lowest BCUT2D eigenvalue weighted by molar-refractivity contribution is -0.395. The number of furan rings is 1. The Kier molecular flexibility index (Phi) is 2.76. The van der Waals surface area contributed by atoms with Gasteiger partial charge in [-0.05, 0) is 18.2 Å². The summed E-state index contributed by atoms with van der Waals surface area (Å²) in [7, 11) is 0. The summed E-state index contributed by atoms with van der Waals surface area (Å²) in [6, 6.07) is 4.16. The first-order chi connectivity index (χ1) is 8.50. The van der Waals surface area contributed by atoms with Gasteiger partial charge in [0.2, 0.25) is 5.82 Å². The Hall–Kier alpha value is -2.77. The minimum atomic E-state index is -1.16. The van der Waals surface area contributed by atoms with Crippen molar-refractivity contribution in [3.8, 4) is 11.3 Å². The van der Waals surface area contributed by atoms with Gasteiger partial charge >= 0.3 is 5.69 Å². The molecule has 0 unspecified atom stereocenters. The van der Waals surface area contributed by atoms with E-state index in [0.717, 1.165) is 6.07 Å². The first kappa shape index (κ1) is 11.7. The van der Waals surface area contributed by atoms with Gasteiger partial charge in [0.05, 0.1) is 27.7 Å². The molecule has 92 valence electrons. The summed E-state index contributed by atoms with van der Waals surface area (Å²) in [5.74, 6) is -1.09. The summed E-state index contributed by atoms with van der Waals surface area (Å²) in [5.41, 5.74) is -1.68. The normalized spacial score (nSPS) is 10.3. The maximum atomic E-state index is 13.4. The van der Waals surface area contributed by atoms with Gasteiger partial charge in [0.15, 0.2) is 0 Å². The molecule has 0 saturated carbocycles. The number of rotatable bonds is 3. The van der Waals surface area contributed by atoms with Gasteiger partial charge in [-0.2, -0.15) is 4.39 Å². The van der Waals surface area contributed by atoms with Gasteiger partial charge in [-0.25, -0.2) is 0 Å². The van der Waals surface area contributed by atoms with Crippen molar-refractivity contribution in [1.82, 2.24) is 0 Å². The summed E-state index contributed by atoms with van der Waals surface area (Å²) in [4.78, 5) is 19.5. The zero-order chi connectivity index (χ0) is 13.3. The van der Waals surface area contributed by atoms with E-state index in [1.54, 1.807) is 0 Å². The molecular weight excluding hydrogens is 247 g/mol. The molecule has 1 heterocycles. The fourth-order valence-corrected chi connectivity index (χ4v) is 1.47. The summed E-state index contributed by atoms with van der Waals surface area (Å²) in [6.45, 7) is 0. The molecule has 7 nitrogen and oxygen atoms in total. The van der Waals surface area contributed by atoms with E-state index in [0.29, 0.717) is 6.07 Å². The minimum Gasteiger partial charge on any atom is -0.464 e. The van der Waals surface area contributed by atoms with Gasteiger partial charge in [-0.3, -0.25) is 20.2 Å². The Bertz CT molecular complexity index is 623. The predicted octanol–water partition coefficient (Wildman–Crippen LogP) is 2.90. The monoisotopic (exact) mass is 252 g/mol. The average Bonchev–Trinajstić information content (AvgIpc) is 2.80. The Labute approximate surface area is 98.8 Å². The van der Waals surface area contributed by atoms with Crippen molar-refractivity contribution in [2.75, 3.05) is 0 Å². The predicted molar refractivity (Wildman–Crippen MR) is 57.4 cm³/mol. The van der Waals surface area contributed by atoms with Crippen LogP contribution in [0.4, 0.5) is 15.8 Å². The van der Waals surface area contributed by atoms with Crippen molar-refractivity contribution >= 4 is 11.4 Å². The highest BCUT2D eigenvalue weighted by Crippen LogP contribution is 2.35. The number of nitro benzene ring substituents is 2. The molecule has 0 atom stereocenters. The maximum absolute atomic E-state index is 13.4. The van der Waals surface area contributed by atoms with Crippen LogP contribution >= 0.6 is 0 Å². The molecule has 0 aliphatic rings. The van der Waals surface area contributed by atoms with E-state index in [2.05, 4.69) is 0 Å². The van der Waals surface area contributed by atoms with Crippen LogP contribution < -0.4 is 0 Å². The second kappa shape index (κ2) is 4.24. The SMILES string of the molecule is O=[N+]([O-])c1cc([N+](=O)[O-])c(-c2ccco2)cc1F. The number of hydrogen-bond acceptors (Lipinski definition) is 5. The molecule has 0 spiro atoms. The van der Waals surface area contributed by atoms with Crippen LogP contribution in [-0.2, 0) is 0 Å². The van der Waals surface area contributed by atoms with Gasteiger partial charge in [0.1, 0.15) is 5.76 Å². The Morgan fingerprint density at radius 2 is 1.78 bits per heavy atom. The van der Waals surface area contributed by atoms with E-state index in [9.17, 15) is 24.6 Å². The highest BCUT2D eigenvalue weighted by Gasteiger charge is 2.26. The first-order valence-electron chi connectivity index (χ1n) is 4.67. The average molecular weight is 252 g/mol. The van der Waals surface area contributed by atoms with Crippen molar-refractivity contribution in [2.24, 2.45) is 0 Å². The fraction of sp³-hybridized carbons (Fsp3) is 0. The lowest BCUT2D eigenvalue weighted by Crippen LogP contribution is -1.98. The molecule has 1 aromatic carbocycles. The molecule has 0 N–H and O–H groups in total. The van der Waals surface area contributed by atoms with E-state index in [1.807, 2.05) is 0 Å². The van der Waals surface area contributed by atoms with Gasteiger partial charge in [0, 0.05) is 0 Å². The topological polar surface area (TPSA) is 99.4 Å². The molecular formula is C10H5FN2O5. The van der Waals surface area contributed by atoms with Crippen LogP contribution in [0.2, 0.25) is 0 Å². The lowest BCUT2D eigenvalue weighted by atomic mass is 10.1. The Balaban J connectivity index is 2.70. The Morgan fingerprint density at radius 3 is 2.28 bits per heavy atom. The van der Waals surface area contributed by atoms with Crippen LogP contribution in [0.1, 0.15) is 0 Å². The van der Waals surface area contributed by atoms with E-state index in [-0.39, 0.29) is 11.3 Å². The molecule has 8 heteroatoms. The molecule has 0 fully saturated rings. The standard InChI is InChI=1S/C10H5FN2O5/c11-7-4-6(10-2-1-3-18-10)8(12(14)15)5-9(7)13(16)17/h1-5H. The van der Waals surface area contributed by atoms with E-state index in [4.69, 9.17) is 4.42 Å². The number of hydrogen-bond donors (Lipinski definition) is 0. The molecule has 0 radical (unpaired) electrons. The number of nitrogens with zero attached hydrogens (tertiary/aromatic N) is 2. The molecule has 0 bridgehead atoms. The van der Waals surface area contributed by atoms with Crippen molar-refractivity contribution in [3.63, 3.8) is 0 Å². The molecule has 1 aromatic heterocycles. The third-order valence-corrected chi connectivity index (χ3v) is 2.25. The summed E-state index contributed by atoms with van der Waals surface area (Å²) < 4.78 is 18.4. The summed E-state index contributed by atoms with van der Waals surface area (Å²) >= 11 is 0. The van der Waals surface area contributed by atoms with E-state index >= 15 is 0 Å². The van der Waals surface area contributed by atoms with Crippen molar-refractivity contribution in [3.05, 3.63) is 56.6 Å². The van der Waals surface area contributed by atoms with Crippen LogP contribution in [0, 0.1) is 26.0 Å². The molecule has 0 aliphatic heterocycles. The molecule has 2 rings (SSSR count). The first-order valence-corrected chi connectivity index (χ1v) is 4.67. The molecule has 18 heavy (non-hydrogen) atoms. The molecule has 0 saturated heterocycles. The highest BCUT2D eigenvalue weighted by molar-refractivity contribution is 5.72. The number of benzene rings is 1. The van der Waals surface area contributed by atoms with Gasteiger partial charge < -0.3 is 4.42 Å². The van der Waals surface area contributed by atoms with Gasteiger partial charge in [-0.1, -0.05) is 0 Å². The quantitative estimate of drug-likeness (QED) is 0.617. The molecule has 0 aliphatic carbocycles. The van der Waals surface area contributed by atoms with Crippen LogP contribution in [0.5, 0.6) is 0 Å². The Morgan fingerprint density at radius 1 is 1.11 bits per heavy atom. The third kappa shape index (κ3) is 1.90. The van der Waals surface area contributed by atoms with Crippen LogP contribution in [0.15, 0.2) is 34.9 Å². The molecule has 0 amide bonds. The lowest BCUT2D eigenvalue weighted by Gasteiger charge is -2.01. The van der Waals surface area contributed by atoms with E-state index in [1.165, 1.54) is 18.4 Å². The largest absolute Gasteiger partial charge is 0.464 e. The number of nitro groups is 2. The van der Waals surface area contributed by atoms with Crippen molar-refractivity contribution < 1.29 is 18.7 Å². The van der Waals surface area contributed by atoms with E-state index < -0.39 is 27.0 Å². The van der Waals surface area contributed by atoms with Crippen molar-refractivity contribution in [2.45, 2.75) is 0 Å². The molecule has 2 aromatic rings. The third-order valence-electron chi connectivity index (χ3n) is 2.25. The van der Waals surface area contributed by atoms with Crippen LogP contribution in [0.3, 0.4) is 0 Å². The second-order valence-electron chi connectivity index (χ2n) is 3.31. The zero-order valence-corrected chi connectivity index (χ0v) is 8.70. The van der Waals surface area contributed by atoms with Crippen molar-refractivity contribution in [1.29, 1.82) is 0 Å². The van der Waals surface area contributed by atoms with Crippen LogP contribution in [0.25, 0.3) is 11.3 Å². The minimum absolute atomic E-state index is 0.0653. The fourth-order valence-electron chi connectivity index (χ4n) is 1.47. The highest BCUT2D eigenvalue weighted by atomic mass is 19.1. The smallest absolute Gasteiger partial charge is 0.311 e. The summed E-state index contributed by atoms with van der Waals surface area (Å²) in [6.07, 6.45) is 1.26. The number of halogens is 1. The maximum Gasteiger partial charge on any atom is 0.311 e. The van der Waals surface area contributed by atoms with Gasteiger partial charge in [0.25, 0.3) is 5.69 Å².